The van der Waals surface area contributed by atoms with Crippen LogP contribution in [0, 0.1) is 0 Å². The summed E-state index contributed by atoms with van der Waals surface area (Å²) in [6, 6.07) is 0. The van der Waals surface area contributed by atoms with E-state index < -0.39 is 0 Å². The molecule has 0 aromatic rings. The fourth-order valence-electron chi connectivity index (χ4n) is 0.739. The molecule has 0 N–H and O–H groups in total. The predicted molar refractivity (Wildman–Crippen MR) is 61.2 cm³/mol. The SMILES string of the molecule is CC(I)(I)N1C=CCC=C1. The van der Waals surface area contributed by atoms with Crippen molar-refractivity contribution in [3.8, 4) is 0 Å². The van der Waals surface area contributed by atoms with E-state index in [0.29, 0.717) is 0 Å². The second kappa shape index (κ2) is 3.42. The molecule has 0 spiro atoms. The van der Waals surface area contributed by atoms with E-state index in [2.05, 4.69) is 81.6 Å². The molecule has 56 valence electrons. The van der Waals surface area contributed by atoms with E-state index in [-0.39, 0.29) is 1.55 Å². The summed E-state index contributed by atoms with van der Waals surface area (Å²) in [7, 11) is 0. The third kappa shape index (κ3) is 2.41. The van der Waals surface area contributed by atoms with Crippen LogP contribution in [0.3, 0.4) is 0 Å². The molecule has 0 amide bonds. The van der Waals surface area contributed by atoms with Gasteiger partial charge >= 0.3 is 0 Å². The van der Waals surface area contributed by atoms with E-state index in [1.165, 1.54) is 0 Å². The Hall–Kier alpha value is 0.740. The van der Waals surface area contributed by atoms with Gasteiger partial charge in [-0.3, -0.25) is 0 Å². The lowest BCUT2D eigenvalue weighted by atomic mass is 10.3. The first kappa shape index (κ1) is 8.83. The Morgan fingerprint density at radius 1 is 1.30 bits per heavy atom. The van der Waals surface area contributed by atoms with Gasteiger partial charge in [-0.15, -0.1) is 0 Å². The van der Waals surface area contributed by atoms with Gasteiger partial charge in [-0.05, 0) is 58.5 Å². The largest absolute Gasteiger partial charge is 0.332 e. The molecule has 0 fully saturated rings. The van der Waals surface area contributed by atoms with Crippen molar-refractivity contribution in [3.63, 3.8) is 0 Å². The lowest BCUT2D eigenvalue weighted by molar-refractivity contribution is 0.492. The van der Waals surface area contributed by atoms with Gasteiger partial charge in [0.2, 0.25) is 0 Å². The maximum absolute atomic E-state index is 2.41. The molecule has 0 atom stereocenters. The molecule has 0 aromatic heterocycles. The molecule has 10 heavy (non-hydrogen) atoms. The monoisotopic (exact) mass is 361 g/mol. The van der Waals surface area contributed by atoms with Crippen molar-refractivity contribution in [2.75, 3.05) is 0 Å². The van der Waals surface area contributed by atoms with Crippen LogP contribution in [0.15, 0.2) is 24.6 Å². The van der Waals surface area contributed by atoms with Crippen LogP contribution in [-0.4, -0.2) is 6.45 Å². The molecule has 0 unspecified atom stereocenters. The van der Waals surface area contributed by atoms with Crippen molar-refractivity contribution < 1.29 is 0 Å². The van der Waals surface area contributed by atoms with E-state index in [9.17, 15) is 0 Å². The van der Waals surface area contributed by atoms with Gasteiger partial charge in [0.1, 0.15) is 1.55 Å². The molecule has 1 heterocycles. The maximum atomic E-state index is 2.41. The minimum atomic E-state index is 0.170. The van der Waals surface area contributed by atoms with Crippen molar-refractivity contribution in [1.29, 1.82) is 0 Å². The van der Waals surface area contributed by atoms with Crippen molar-refractivity contribution in [2.24, 2.45) is 0 Å². The van der Waals surface area contributed by atoms with Crippen LogP contribution >= 0.6 is 45.2 Å². The summed E-state index contributed by atoms with van der Waals surface area (Å²) in [6.45, 7) is 2.17. The van der Waals surface area contributed by atoms with Crippen molar-refractivity contribution in [2.45, 2.75) is 14.9 Å². The van der Waals surface area contributed by atoms with Gasteiger partial charge in [-0.2, -0.15) is 0 Å². The normalized spacial score (nSPS) is 18.1. The molecule has 0 saturated carbocycles. The van der Waals surface area contributed by atoms with Crippen molar-refractivity contribution >= 4 is 45.2 Å². The number of hydrogen-bond donors (Lipinski definition) is 0. The van der Waals surface area contributed by atoms with Crippen molar-refractivity contribution in [1.82, 2.24) is 4.90 Å². The third-order valence-corrected chi connectivity index (χ3v) is 2.37. The number of rotatable bonds is 1. The molecule has 3 heteroatoms. The second-order valence-corrected chi connectivity index (χ2v) is 8.52. The smallest absolute Gasteiger partial charge is 0.144 e. The molecule has 0 saturated heterocycles. The zero-order chi connectivity index (χ0) is 7.61. The Morgan fingerprint density at radius 3 is 2.10 bits per heavy atom. The number of hydrogen-bond acceptors (Lipinski definition) is 1. The topological polar surface area (TPSA) is 3.24 Å². The maximum Gasteiger partial charge on any atom is 0.144 e. The summed E-state index contributed by atoms with van der Waals surface area (Å²) in [6.07, 6.45) is 9.64. The van der Waals surface area contributed by atoms with E-state index in [1.807, 2.05) is 0 Å². The molecule has 0 bridgehead atoms. The molecular formula is C7H9I2N. The lowest BCUT2D eigenvalue weighted by Gasteiger charge is -2.29. The summed E-state index contributed by atoms with van der Waals surface area (Å²) in [5, 5.41) is 0. The molecule has 1 nitrogen and oxygen atoms in total. The van der Waals surface area contributed by atoms with Crippen LogP contribution in [0.1, 0.15) is 13.3 Å². The number of alkyl halides is 2. The Balaban J connectivity index is 2.64. The summed E-state index contributed by atoms with van der Waals surface area (Å²) in [5.41, 5.74) is 0. The molecule has 1 aliphatic rings. The highest BCUT2D eigenvalue weighted by Crippen LogP contribution is 2.32. The summed E-state index contributed by atoms with van der Waals surface area (Å²) in [5.74, 6) is 0. The van der Waals surface area contributed by atoms with Gasteiger partial charge in [0, 0.05) is 12.4 Å². The molecule has 0 radical (unpaired) electrons. The number of allylic oxidation sites excluding steroid dienone is 2. The zero-order valence-corrected chi connectivity index (χ0v) is 10.0. The standard InChI is InChI=1S/C7H9I2N/c1-7(8,9)10-5-3-2-4-6-10/h3-6H,2H2,1H3. The zero-order valence-electron chi connectivity index (χ0n) is 5.72. The van der Waals surface area contributed by atoms with E-state index in [0.717, 1.165) is 6.42 Å². The Morgan fingerprint density at radius 2 is 1.80 bits per heavy atom. The Kier molecular flexibility index (Phi) is 3.02. The van der Waals surface area contributed by atoms with Gasteiger partial charge < -0.3 is 4.90 Å². The minimum absolute atomic E-state index is 0.170. The highest BCUT2D eigenvalue weighted by atomic mass is 127. The van der Waals surface area contributed by atoms with Gasteiger partial charge in [0.25, 0.3) is 0 Å². The second-order valence-electron chi connectivity index (χ2n) is 2.25. The highest BCUT2D eigenvalue weighted by molar-refractivity contribution is 14.2. The van der Waals surface area contributed by atoms with Crippen LogP contribution in [-0.2, 0) is 0 Å². The average molecular weight is 361 g/mol. The molecular weight excluding hydrogens is 352 g/mol. The van der Waals surface area contributed by atoms with E-state index in [1.54, 1.807) is 0 Å². The quantitative estimate of drug-likeness (QED) is 0.394. The average Bonchev–Trinajstić information content (AvgIpc) is 1.88. The van der Waals surface area contributed by atoms with Gasteiger partial charge in [-0.25, -0.2) is 0 Å². The van der Waals surface area contributed by atoms with E-state index >= 15 is 0 Å². The van der Waals surface area contributed by atoms with Gasteiger partial charge in [0.15, 0.2) is 0 Å². The van der Waals surface area contributed by atoms with Crippen LogP contribution < -0.4 is 0 Å². The van der Waals surface area contributed by atoms with Crippen LogP contribution in [0.5, 0.6) is 0 Å². The first-order valence-corrected chi connectivity index (χ1v) is 5.26. The predicted octanol–water partition coefficient (Wildman–Crippen LogP) is 3.26. The summed E-state index contributed by atoms with van der Waals surface area (Å²) >= 11 is 4.81. The fourth-order valence-corrected chi connectivity index (χ4v) is 1.38. The first-order valence-electron chi connectivity index (χ1n) is 3.10. The minimum Gasteiger partial charge on any atom is -0.332 e. The molecule has 0 aliphatic carbocycles. The third-order valence-electron chi connectivity index (χ3n) is 1.26. The molecule has 0 aromatic carbocycles. The van der Waals surface area contributed by atoms with Crippen LogP contribution in [0.25, 0.3) is 0 Å². The number of nitrogens with zero attached hydrogens (tertiary/aromatic N) is 1. The van der Waals surface area contributed by atoms with Gasteiger partial charge in [-0.1, -0.05) is 12.2 Å². The Bertz CT molecular complexity index is 155. The lowest BCUT2D eigenvalue weighted by Crippen LogP contribution is -2.26. The van der Waals surface area contributed by atoms with Crippen LogP contribution in [0.4, 0.5) is 0 Å². The summed E-state index contributed by atoms with van der Waals surface area (Å²) < 4.78 is 0.170. The van der Waals surface area contributed by atoms with Crippen molar-refractivity contribution in [3.05, 3.63) is 24.6 Å². The summed E-state index contributed by atoms with van der Waals surface area (Å²) in [4.78, 5) is 2.19. The Labute approximate surface area is 88.8 Å². The van der Waals surface area contributed by atoms with Gasteiger partial charge in [0.05, 0.1) is 0 Å². The molecule has 1 aliphatic heterocycles. The highest BCUT2D eigenvalue weighted by Gasteiger charge is 2.20. The molecule has 1 rings (SSSR count). The fraction of sp³-hybridized carbons (Fsp3) is 0.429. The first-order chi connectivity index (χ1) is 4.61. The number of halogens is 2. The van der Waals surface area contributed by atoms with E-state index in [4.69, 9.17) is 0 Å². The van der Waals surface area contributed by atoms with Crippen LogP contribution in [0.2, 0.25) is 0 Å².